The van der Waals surface area contributed by atoms with Gasteiger partial charge in [-0.05, 0) is 44.6 Å². The van der Waals surface area contributed by atoms with Crippen LogP contribution in [-0.2, 0) is 4.79 Å². The van der Waals surface area contributed by atoms with Crippen molar-refractivity contribution in [1.29, 1.82) is 0 Å². The smallest absolute Gasteiger partial charge is 0.310 e. The molecule has 2 rings (SSSR count). The SMILES string of the molecule is CCC1CCCN1CC1(C(=O)O)CCCC(C)C1. The van der Waals surface area contributed by atoms with Crippen LogP contribution in [0.25, 0.3) is 0 Å². The molecule has 0 aromatic carbocycles. The molecule has 0 spiro atoms. The lowest BCUT2D eigenvalue weighted by Gasteiger charge is -2.40. The Kier molecular flexibility index (Phi) is 4.31. The summed E-state index contributed by atoms with van der Waals surface area (Å²) >= 11 is 0. The molecule has 1 aliphatic carbocycles. The first-order valence-electron chi connectivity index (χ1n) is 7.55. The number of hydrogen-bond donors (Lipinski definition) is 1. The van der Waals surface area contributed by atoms with Crippen LogP contribution in [-0.4, -0.2) is 35.1 Å². The molecule has 1 aliphatic heterocycles. The minimum Gasteiger partial charge on any atom is -0.481 e. The molecule has 2 aliphatic rings. The molecule has 18 heavy (non-hydrogen) atoms. The number of carboxylic acids is 1. The molecule has 3 unspecified atom stereocenters. The van der Waals surface area contributed by atoms with Gasteiger partial charge in [0.15, 0.2) is 0 Å². The molecule has 104 valence electrons. The molecule has 1 N–H and O–H groups in total. The van der Waals surface area contributed by atoms with Crippen molar-refractivity contribution < 1.29 is 9.90 Å². The minimum absolute atomic E-state index is 0.463. The van der Waals surface area contributed by atoms with Gasteiger partial charge >= 0.3 is 5.97 Å². The second kappa shape index (κ2) is 5.60. The average Bonchev–Trinajstić information content (AvgIpc) is 2.76. The summed E-state index contributed by atoms with van der Waals surface area (Å²) in [5, 5.41) is 9.70. The highest BCUT2D eigenvalue weighted by Gasteiger charge is 2.44. The number of nitrogens with zero attached hydrogens (tertiary/aromatic N) is 1. The molecule has 0 aromatic heterocycles. The lowest BCUT2D eigenvalue weighted by atomic mass is 9.69. The molecule has 3 nitrogen and oxygen atoms in total. The molecule has 3 heteroatoms. The lowest BCUT2D eigenvalue weighted by molar-refractivity contribution is -0.153. The van der Waals surface area contributed by atoms with Crippen LogP contribution >= 0.6 is 0 Å². The van der Waals surface area contributed by atoms with Crippen molar-refractivity contribution in [3.05, 3.63) is 0 Å². The normalized spacial score (nSPS) is 37.9. The molecule has 2 fully saturated rings. The topological polar surface area (TPSA) is 40.5 Å². The summed E-state index contributed by atoms with van der Waals surface area (Å²) < 4.78 is 0. The van der Waals surface area contributed by atoms with Gasteiger partial charge in [0.1, 0.15) is 0 Å². The van der Waals surface area contributed by atoms with E-state index in [1.807, 2.05) is 0 Å². The summed E-state index contributed by atoms with van der Waals surface area (Å²) in [6.45, 7) is 6.31. The van der Waals surface area contributed by atoms with Crippen LogP contribution in [0.5, 0.6) is 0 Å². The number of carbonyl (C=O) groups is 1. The summed E-state index contributed by atoms with van der Waals surface area (Å²) in [7, 11) is 0. The summed E-state index contributed by atoms with van der Waals surface area (Å²) in [6.07, 6.45) is 7.68. The van der Waals surface area contributed by atoms with Crippen molar-refractivity contribution in [2.45, 2.75) is 64.8 Å². The summed E-state index contributed by atoms with van der Waals surface area (Å²) in [5.41, 5.74) is -0.463. The fourth-order valence-electron chi connectivity index (χ4n) is 4.02. The Hall–Kier alpha value is -0.570. The Balaban J connectivity index is 2.08. The van der Waals surface area contributed by atoms with Crippen molar-refractivity contribution in [3.63, 3.8) is 0 Å². The van der Waals surface area contributed by atoms with E-state index in [1.165, 1.54) is 19.3 Å². The van der Waals surface area contributed by atoms with Crippen LogP contribution in [0.2, 0.25) is 0 Å². The van der Waals surface area contributed by atoms with Crippen molar-refractivity contribution in [2.24, 2.45) is 11.3 Å². The molecular weight excluding hydrogens is 226 g/mol. The summed E-state index contributed by atoms with van der Waals surface area (Å²) in [4.78, 5) is 14.2. The van der Waals surface area contributed by atoms with Crippen molar-refractivity contribution >= 4 is 5.97 Å². The van der Waals surface area contributed by atoms with Gasteiger partial charge in [-0.1, -0.05) is 26.7 Å². The zero-order valence-electron chi connectivity index (χ0n) is 11.8. The third-order valence-corrected chi connectivity index (χ3v) is 5.02. The Morgan fingerprint density at radius 1 is 1.39 bits per heavy atom. The molecule has 0 amide bonds. The second-order valence-electron chi connectivity index (χ2n) is 6.46. The Morgan fingerprint density at radius 3 is 2.78 bits per heavy atom. The molecule has 0 aromatic rings. The average molecular weight is 253 g/mol. The van der Waals surface area contributed by atoms with Crippen LogP contribution < -0.4 is 0 Å². The third kappa shape index (κ3) is 2.71. The number of carboxylic acid groups (broad SMARTS) is 1. The first kappa shape index (κ1) is 13.9. The van der Waals surface area contributed by atoms with E-state index in [-0.39, 0.29) is 0 Å². The van der Waals surface area contributed by atoms with Gasteiger partial charge in [-0.3, -0.25) is 9.69 Å². The van der Waals surface area contributed by atoms with E-state index in [4.69, 9.17) is 0 Å². The lowest BCUT2D eigenvalue weighted by Crippen LogP contribution is -2.47. The maximum Gasteiger partial charge on any atom is 0.310 e. The number of aliphatic carboxylic acids is 1. The zero-order valence-corrected chi connectivity index (χ0v) is 11.8. The van der Waals surface area contributed by atoms with Gasteiger partial charge in [-0.25, -0.2) is 0 Å². The highest BCUT2D eigenvalue weighted by Crippen LogP contribution is 2.41. The highest BCUT2D eigenvalue weighted by molar-refractivity contribution is 5.75. The first-order chi connectivity index (χ1) is 8.57. The maximum absolute atomic E-state index is 11.8. The fourth-order valence-corrected chi connectivity index (χ4v) is 4.02. The fraction of sp³-hybridized carbons (Fsp3) is 0.933. The molecule has 0 bridgehead atoms. The van der Waals surface area contributed by atoms with E-state index >= 15 is 0 Å². The summed E-state index contributed by atoms with van der Waals surface area (Å²) in [6, 6.07) is 0.624. The summed E-state index contributed by atoms with van der Waals surface area (Å²) in [5.74, 6) is 0.00772. The van der Waals surface area contributed by atoms with Gasteiger partial charge in [0.2, 0.25) is 0 Å². The van der Waals surface area contributed by atoms with Gasteiger partial charge in [0.05, 0.1) is 5.41 Å². The quantitative estimate of drug-likeness (QED) is 0.836. The van der Waals surface area contributed by atoms with E-state index in [0.717, 1.165) is 38.8 Å². The first-order valence-corrected chi connectivity index (χ1v) is 7.55. The standard InChI is InChI=1S/C15H27NO2/c1-3-13-7-5-9-16(13)11-15(14(17)18)8-4-6-12(2)10-15/h12-13H,3-11H2,1-2H3,(H,17,18). The van der Waals surface area contributed by atoms with Crippen molar-refractivity contribution in [3.8, 4) is 0 Å². The van der Waals surface area contributed by atoms with Gasteiger partial charge in [-0.2, -0.15) is 0 Å². The van der Waals surface area contributed by atoms with E-state index in [1.54, 1.807) is 0 Å². The van der Waals surface area contributed by atoms with Crippen LogP contribution in [0.1, 0.15) is 58.8 Å². The van der Waals surface area contributed by atoms with Gasteiger partial charge in [0, 0.05) is 12.6 Å². The van der Waals surface area contributed by atoms with Crippen LogP contribution in [0, 0.1) is 11.3 Å². The Morgan fingerprint density at radius 2 is 2.17 bits per heavy atom. The Bertz CT molecular complexity index is 305. The second-order valence-corrected chi connectivity index (χ2v) is 6.46. The predicted molar refractivity (Wildman–Crippen MR) is 72.6 cm³/mol. The van der Waals surface area contributed by atoms with E-state index in [0.29, 0.717) is 12.0 Å². The van der Waals surface area contributed by atoms with Gasteiger partial charge < -0.3 is 5.11 Å². The number of likely N-dealkylation sites (tertiary alicyclic amines) is 1. The third-order valence-electron chi connectivity index (χ3n) is 5.02. The predicted octanol–water partition coefficient (Wildman–Crippen LogP) is 3.14. The van der Waals surface area contributed by atoms with Gasteiger partial charge in [0.25, 0.3) is 0 Å². The van der Waals surface area contributed by atoms with E-state index < -0.39 is 11.4 Å². The largest absolute Gasteiger partial charge is 0.481 e. The molecule has 0 radical (unpaired) electrons. The highest BCUT2D eigenvalue weighted by atomic mass is 16.4. The number of hydrogen-bond acceptors (Lipinski definition) is 2. The molecule has 1 heterocycles. The van der Waals surface area contributed by atoms with E-state index in [2.05, 4.69) is 18.7 Å². The molecular formula is C15H27NO2. The Labute approximate surface area is 111 Å². The molecule has 3 atom stereocenters. The van der Waals surface area contributed by atoms with Crippen LogP contribution in [0.4, 0.5) is 0 Å². The van der Waals surface area contributed by atoms with Gasteiger partial charge in [-0.15, -0.1) is 0 Å². The van der Waals surface area contributed by atoms with Crippen LogP contribution in [0.15, 0.2) is 0 Å². The van der Waals surface area contributed by atoms with Crippen LogP contribution in [0.3, 0.4) is 0 Å². The minimum atomic E-state index is -0.559. The molecule has 1 saturated carbocycles. The maximum atomic E-state index is 11.8. The number of rotatable bonds is 4. The van der Waals surface area contributed by atoms with Crippen molar-refractivity contribution in [2.75, 3.05) is 13.1 Å². The van der Waals surface area contributed by atoms with Crippen molar-refractivity contribution in [1.82, 2.24) is 4.90 Å². The monoisotopic (exact) mass is 253 g/mol. The molecule has 1 saturated heterocycles. The zero-order chi connectivity index (χ0) is 13.2. The van der Waals surface area contributed by atoms with E-state index in [9.17, 15) is 9.90 Å².